The molecule has 4 N–H and O–H groups in total. The summed E-state index contributed by atoms with van der Waals surface area (Å²) in [5, 5.41) is 24.6. The van der Waals surface area contributed by atoms with Gasteiger partial charge in [0, 0.05) is 32.6 Å². The van der Waals surface area contributed by atoms with Gasteiger partial charge in [0.2, 0.25) is 5.91 Å². The first-order chi connectivity index (χ1) is 19.9. The number of urea groups is 1. The molecule has 2 aliphatic heterocycles. The number of amides is 5. The van der Waals surface area contributed by atoms with Crippen LogP contribution in [0.1, 0.15) is 41.5 Å². The van der Waals surface area contributed by atoms with Crippen molar-refractivity contribution in [3.05, 3.63) is 53.1 Å². The van der Waals surface area contributed by atoms with Gasteiger partial charge >= 0.3 is 36.9 Å². The van der Waals surface area contributed by atoms with E-state index in [-0.39, 0.29) is 43.1 Å². The van der Waals surface area contributed by atoms with Gasteiger partial charge in [-0.1, -0.05) is 12.1 Å². The fourth-order valence-corrected chi connectivity index (χ4v) is 4.48. The van der Waals surface area contributed by atoms with Crippen molar-refractivity contribution in [3.63, 3.8) is 0 Å². The number of pyridine rings is 1. The predicted molar refractivity (Wildman–Crippen MR) is 138 cm³/mol. The number of carbonyl (C=O) groups excluding carboxylic acids is 5. The third-order valence-electron chi connectivity index (χ3n) is 6.52. The van der Waals surface area contributed by atoms with Crippen molar-refractivity contribution in [1.29, 1.82) is 0 Å². The Bertz CT molecular complexity index is 1470. The number of piperazine rings is 1. The molecule has 1 fully saturated rings. The number of carboxylic acids is 1. The third kappa shape index (κ3) is 6.15. The summed E-state index contributed by atoms with van der Waals surface area (Å²) in [6.45, 7) is 2.81. The topological polar surface area (TPSA) is 205 Å². The van der Waals surface area contributed by atoms with E-state index in [1.807, 2.05) is 0 Å². The SMILES string of the molecule is CCN1CCN(C(=O)NC(C(=O)N[C@H]2Cc3cccc(C(=O)O)c3OB2O)c2ncc(OC(C)=O)cc2F)C(=O)C1=O. The highest BCUT2D eigenvalue weighted by atomic mass is 19.1. The number of carbonyl (C=O) groups is 6. The number of para-hydroxylation sites is 1. The molecule has 17 heteroatoms. The summed E-state index contributed by atoms with van der Waals surface area (Å²) < 4.78 is 25.3. The van der Waals surface area contributed by atoms with Crippen LogP contribution in [0.5, 0.6) is 11.5 Å². The van der Waals surface area contributed by atoms with Gasteiger partial charge in [0.1, 0.15) is 11.4 Å². The summed E-state index contributed by atoms with van der Waals surface area (Å²) in [6, 6.07) is 1.92. The van der Waals surface area contributed by atoms with E-state index < -0.39 is 66.3 Å². The molecule has 220 valence electrons. The van der Waals surface area contributed by atoms with Crippen molar-refractivity contribution in [2.75, 3.05) is 19.6 Å². The van der Waals surface area contributed by atoms with Crippen molar-refractivity contribution >= 4 is 42.8 Å². The maximum Gasteiger partial charge on any atom is 0.547 e. The number of hydrogen-bond acceptors (Lipinski definition) is 10. The summed E-state index contributed by atoms with van der Waals surface area (Å²) in [5.74, 6) is -7.96. The van der Waals surface area contributed by atoms with E-state index >= 15 is 4.39 Å². The molecule has 0 aliphatic carbocycles. The zero-order valence-electron chi connectivity index (χ0n) is 22.3. The molecule has 1 unspecified atom stereocenters. The average molecular weight is 585 g/mol. The maximum absolute atomic E-state index is 15.2. The number of halogens is 1. The highest BCUT2D eigenvalue weighted by Crippen LogP contribution is 2.30. The van der Waals surface area contributed by atoms with E-state index in [2.05, 4.69) is 15.6 Å². The number of aromatic nitrogens is 1. The Morgan fingerprint density at radius 3 is 2.62 bits per heavy atom. The van der Waals surface area contributed by atoms with Crippen LogP contribution in [-0.2, 0) is 25.6 Å². The van der Waals surface area contributed by atoms with Crippen LogP contribution in [0.15, 0.2) is 30.5 Å². The molecule has 4 rings (SSSR count). The first-order valence-corrected chi connectivity index (χ1v) is 12.7. The van der Waals surface area contributed by atoms with Gasteiger partial charge in [-0.3, -0.25) is 29.1 Å². The minimum absolute atomic E-state index is 0.0401. The van der Waals surface area contributed by atoms with Gasteiger partial charge in [0.05, 0.1) is 17.7 Å². The highest BCUT2D eigenvalue weighted by Gasteiger charge is 2.41. The number of fused-ring (bicyclic) bond motifs is 1. The average Bonchev–Trinajstić information content (AvgIpc) is 2.93. The molecule has 2 aromatic rings. The second kappa shape index (κ2) is 12.2. The number of nitrogens with one attached hydrogen (secondary N) is 2. The lowest BCUT2D eigenvalue weighted by Crippen LogP contribution is -2.60. The molecule has 0 bridgehead atoms. The fourth-order valence-electron chi connectivity index (χ4n) is 4.48. The number of benzene rings is 1. The number of rotatable bonds is 7. The third-order valence-corrected chi connectivity index (χ3v) is 6.52. The van der Waals surface area contributed by atoms with Crippen LogP contribution >= 0.6 is 0 Å². The van der Waals surface area contributed by atoms with Crippen LogP contribution in [0.2, 0.25) is 0 Å². The van der Waals surface area contributed by atoms with Crippen molar-refractivity contribution in [1.82, 2.24) is 25.4 Å². The fraction of sp³-hybridized carbons (Fsp3) is 0.320. The molecule has 0 spiro atoms. The second-order valence-electron chi connectivity index (χ2n) is 9.28. The molecule has 2 atom stereocenters. The number of likely N-dealkylation sites (N-methyl/N-ethyl adjacent to an activating group) is 1. The molecule has 0 radical (unpaired) electrons. The van der Waals surface area contributed by atoms with Crippen LogP contribution in [-0.4, -0.2) is 93.3 Å². The summed E-state index contributed by atoms with van der Waals surface area (Å²) in [6.07, 6.45) is 0.834. The van der Waals surface area contributed by atoms with E-state index in [0.29, 0.717) is 10.5 Å². The molecule has 5 amide bonds. The Morgan fingerprint density at radius 2 is 1.98 bits per heavy atom. The Balaban J connectivity index is 1.61. The van der Waals surface area contributed by atoms with Crippen LogP contribution in [0.3, 0.4) is 0 Å². The Labute approximate surface area is 237 Å². The van der Waals surface area contributed by atoms with Gasteiger partial charge in [0.15, 0.2) is 17.6 Å². The smallest absolute Gasteiger partial charge is 0.534 e. The summed E-state index contributed by atoms with van der Waals surface area (Å²) in [4.78, 5) is 79.7. The predicted octanol–water partition coefficient (Wildman–Crippen LogP) is -0.575. The molecule has 3 heterocycles. The largest absolute Gasteiger partial charge is 0.547 e. The molecular formula is C25H25BFN5O10. The van der Waals surface area contributed by atoms with E-state index in [1.54, 1.807) is 6.92 Å². The number of nitrogens with zero attached hydrogens (tertiary/aromatic N) is 3. The van der Waals surface area contributed by atoms with Crippen LogP contribution < -0.4 is 20.0 Å². The van der Waals surface area contributed by atoms with Crippen molar-refractivity contribution in [2.45, 2.75) is 32.3 Å². The highest BCUT2D eigenvalue weighted by molar-refractivity contribution is 6.47. The van der Waals surface area contributed by atoms with E-state index in [0.717, 1.165) is 19.2 Å². The quantitative estimate of drug-likeness (QED) is 0.184. The molecule has 42 heavy (non-hydrogen) atoms. The van der Waals surface area contributed by atoms with E-state index in [1.165, 1.54) is 23.1 Å². The number of ether oxygens (including phenoxy) is 1. The lowest BCUT2D eigenvalue weighted by molar-refractivity contribution is -0.153. The molecule has 1 aromatic heterocycles. The van der Waals surface area contributed by atoms with Gasteiger partial charge in [-0.25, -0.2) is 14.0 Å². The number of carboxylic acid groups (broad SMARTS) is 1. The number of imide groups is 1. The zero-order chi connectivity index (χ0) is 30.7. The summed E-state index contributed by atoms with van der Waals surface area (Å²) in [5.41, 5.74) is -0.496. The zero-order valence-corrected chi connectivity index (χ0v) is 22.3. The second-order valence-corrected chi connectivity index (χ2v) is 9.28. The van der Waals surface area contributed by atoms with Crippen LogP contribution in [0.4, 0.5) is 9.18 Å². The minimum atomic E-state index is -1.91. The number of aromatic carboxylic acids is 1. The van der Waals surface area contributed by atoms with Crippen LogP contribution in [0.25, 0.3) is 0 Å². The Hall–Kier alpha value is -5.06. The van der Waals surface area contributed by atoms with E-state index in [9.17, 15) is 38.9 Å². The Morgan fingerprint density at radius 1 is 1.24 bits per heavy atom. The standard InChI is InChI=1S/C25H25BFN5O10/c1-3-31-7-8-32(23(36)22(31)35)25(39)30-19(18-16(27)10-14(11-28-18)41-12(2)33)21(34)29-17-9-13-5-4-6-15(24(37)38)20(13)42-26(17)40/h4-6,10-11,17,19,40H,3,7-9H2,1-2H3,(H,29,34)(H,30,39)(H,37,38)/t17-,19?/m0/s1. The maximum atomic E-state index is 15.2. The van der Waals surface area contributed by atoms with Gasteiger partial charge in [-0.2, -0.15) is 0 Å². The first-order valence-electron chi connectivity index (χ1n) is 12.7. The summed E-state index contributed by atoms with van der Waals surface area (Å²) >= 11 is 0. The Kier molecular flexibility index (Phi) is 8.70. The molecule has 2 aliphatic rings. The minimum Gasteiger partial charge on any atom is -0.534 e. The van der Waals surface area contributed by atoms with Crippen LogP contribution in [0, 0.1) is 5.82 Å². The molecule has 0 saturated carbocycles. The molecular weight excluding hydrogens is 560 g/mol. The van der Waals surface area contributed by atoms with Gasteiger partial charge in [-0.15, -0.1) is 0 Å². The van der Waals surface area contributed by atoms with Gasteiger partial charge in [0.25, 0.3) is 0 Å². The van der Waals surface area contributed by atoms with Crippen molar-refractivity contribution in [2.24, 2.45) is 0 Å². The summed E-state index contributed by atoms with van der Waals surface area (Å²) in [7, 11) is -1.73. The first kappa shape index (κ1) is 29.9. The lowest BCUT2D eigenvalue weighted by Gasteiger charge is -2.33. The molecule has 1 saturated heterocycles. The van der Waals surface area contributed by atoms with Gasteiger partial charge < -0.3 is 35.1 Å². The monoisotopic (exact) mass is 585 g/mol. The molecule has 1 aromatic carbocycles. The number of esters is 1. The van der Waals surface area contributed by atoms with Gasteiger partial charge in [-0.05, 0) is 25.0 Å². The van der Waals surface area contributed by atoms with E-state index in [4.69, 9.17) is 9.39 Å². The van der Waals surface area contributed by atoms with Crippen molar-refractivity contribution in [3.8, 4) is 11.5 Å². The lowest BCUT2D eigenvalue weighted by atomic mass is 9.72. The number of hydrogen-bond donors (Lipinski definition) is 4. The molecule has 15 nitrogen and oxygen atoms in total. The van der Waals surface area contributed by atoms with Crippen molar-refractivity contribution < 1.29 is 52.7 Å². The normalized spacial score (nSPS) is 17.1.